The van der Waals surface area contributed by atoms with E-state index >= 15 is 0 Å². The third kappa shape index (κ3) is 2.92. The second-order valence-electron chi connectivity index (χ2n) is 4.99. The molecule has 0 spiro atoms. The number of fused-ring (bicyclic) bond motifs is 1. The van der Waals surface area contributed by atoms with Crippen LogP contribution in [0.3, 0.4) is 0 Å². The predicted molar refractivity (Wildman–Crippen MR) is 73.4 cm³/mol. The Morgan fingerprint density at radius 3 is 2.78 bits per heavy atom. The molecule has 0 unspecified atom stereocenters. The lowest BCUT2D eigenvalue weighted by molar-refractivity contribution is 0.242. The molecular weight excluding hydrogens is 222 g/mol. The molecule has 0 saturated carbocycles. The number of rotatable bonds is 2. The first-order chi connectivity index (χ1) is 8.70. The molecule has 0 N–H and O–H groups in total. The fraction of sp³-hybridized carbons (Fsp3) is 0.438. The van der Waals surface area contributed by atoms with Gasteiger partial charge in [0, 0.05) is 6.08 Å². The van der Waals surface area contributed by atoms with Crippen LogP contribution in [0.2, 0.25) is 0 Å². The Morgan fingerprint density at radius 2 is 2.06 bits per heavy atom. The van der Waals surface area contributed by atoms with Gasteiger partial charge < -0.3 is 4.74 Å². The molecule has 1 aliphatic carbocycles. The van der Waals surface area contributed by atoms with Gasteiger partial charge >= 0.3 is 0 Å². The number of allylic oxidation sites excluding steroid dienone is 2. The Morgan fingerprint density at radius 1 is 1.28 bits per heavy atom. The van der Waals surface area contributed by atoms with Crippen LogP contribution < -0.4 is 4.74 Å². The van der Waals surface area contributed by atoms with Crippen molar-refractivity contribution in [2.24, 2.45) is 0 Å². The van der Waals surface area contributed by atoms with Crippen LogP contribution in [-0.4, -0.2) is 6.10 Å². The molecular formula is C16H19NO. The molecule has 1 aromatic rings. The SMILES string of the molecule is CC(C)Oc1ccc2c(c1)/C(=C/C#N)CCCC2. The number of aryl methyl sites for hydroxylation is 1. The van der Waals surface area contributed by atoms with Crippen molar-refractivity contribution in [3.8, 4) is 11.8 Å². The van der Waals surface area contributed by atoms with E-state index in [1.807, 2.05) is 19.9 Å². The quantitative estimate of drug-likeness (QED) is 0.576. The van der Waals surface area contributed by atoms with E-state index < -0.39 is 0 Å². The van der Waals surface area contributed by atoms with Crippen molar-refractivity contribution >= 4 is 5.57 Å². The van der Waals surface area contributed by atoms with Crippen molar-refractivity contribution in [1.29, 1.82) is 5.26 Å². The van der Waals surface area contributed by atoms with Crippen molar-refractivity contribution in [1.82, 2.24) is 0 Å². The summed E-state index contributed by atoms with van der Waals surface area (Å²) in [4.78, 5) is 0. The van der Waals surface area contributed by atoms with Gasteiger partial charge in [0.25, 0.3) is 0 Å². The maximum Gasteiger partial charge on any atom is 0.120 e. The number of ether oxygens (including phenoxy) is 1. The summed E-state index contributed by atoms with van der Waals surface area (Å²) in [7, 11) is 0. The molecule has 0 amide bonds. The van der Waals surface area contributed by atoms with Gasteiger partial charge in [-0.15, -0.1) is 0 Å². The van der Waals surface area contributed by atoms with E-state index in [2.05, 4.69) is 18.2 Å². The highest BCUT2D eigenvalue weighted by atomic mass is 16.5. The Kier molecular flexibility index (Phi) is 4.04. The first-order valence-corrected chi connectivity index (χ1v) is 6.59. The molecule has 94 valence electrons. The van der Waals surface area contributed by atoms with E-state index in [0.717, 1.165) is 30.6 Å². The molecule has 0 fully saturated rings. The third-order valence-electron chi connectivity index (χ3n) is 3.18. The van der Waals surface area contributed by atoms with Gasteiger partial charge in [-0.05, 0) is 68.4 Å². The molecule has 2 heteroatoms. The van der Waals surface area contributed by atoms with Gasteiger partial charge in [0.1, 0.15) is 5.75 Å². The Bertz CT molecular complexity index is 494. The molecule has 1 aromatic carbocycles. The molecule has 2 rings (SSSR count). The van der Waals surface area contributed by atoms with Crippen LogP contribution in [0, 0.1) is 11.3 Å². The molecule has 0 aromatic heterocycles. The van der Waals surface area contributed by atoms with Crippen LogP contribution >= 0.6 is 0 Å². The van der Waals surface area contributed by atoms with Crippen molar-refractivity contribution in [2.45, 2.75) is 45.6 Å². The monoisotopic (exact) mass is 241 g/mol. The molecule has 2 nitrogen and oxygen atoms in total. The van der Waals surface area contributed by atoms with Crippen molar-refractivity contribution in [3.63, 3.8) is 0 Å². The van der Waals surface area contributed by atoms with E-state index in [9.17, 15) is 0 Å². The summed E-state index contributed by atoms with van der Waals surface area (Å²) < 4.78 is 5.74. The van der Waals surface area contributed by atoms with E-state index in [1.54, 1.807) is 6.08 Å². The first kappa shape index (κ1) is 12.7. The summed E-state index contributed by atoms with van der Waals surface area (Å²) in [5, 5.41) is 8.89. The Labute approximate surface area is 109 Å². The normalized spacial score (nSPS) is 17.1. The van der Waals surface area contributed by atoms with E-state index in [-0.39, 0.29) is 6.10 Å². The highest BCUT2D eigenvalue weighted by molar-refractivity contribution is 5.71. The minimum Gasteiger partial charge on any atom is -0.491 e. The van der Waals surface area contributed by atoms with Crippen molar-refractivity contribution in [3.05, 3.63) is 35.4 Å². The summed E-state index contributed by atoms with van der Waals surface area (Å²) >= 11 is 0. The molecule has 0 radical (unpaired) electrons. The first-order valence-electron chi connectivity index (χ1n) is 6.59. The summed E-state index contributed by atoms with van der Waals surface area (Å²) in [5.41, 5.74) is 3.69. The topological polar surface area (TPSA) is 33.0 Å². The molecule has 0 aliphatic heterocycles. The van der Waals surface area contributed by atoms with Crippen LogP contribution in [0.25, 0.3) is 5.57 Å². The van der Waals surface area contributed by atoms with E-state index in [0.29, 0.717) is 0 Å². The highest BCUT2D eigenvalue weighted by Crippen LogP contribution is 2.32. The molecule has 0 bridgehead atoms. The van der Waals surface area contributed by atoms with Gasteiger partial charge in [-0.25, -0.2) is 0 Å². The lowest BCUT2D eigenvalue weighted by Gasteiger charge is -2.14. The highest BCUT2D eigenvalue weighted by Gasteiger charge is 2.13. The third-order valence-corrected chi connectivity index (χ3v) is 3.18. The van der Waals surface area contributed by atoms with Crippen LogP contribution in [0.5, 0.6) is 5.75 Å². The van der Waals surface area contributed by atoms with Crippen LogP contribution in [0.1, 0.15) is 44.2 Å². The lowest BCUT2D eigenvalue weighted by Crippen LogP contribution is -2.06. The number of hydrogen-bond donors (Lipinski definition) is 0. The van der Waals surface area contributed by atoms with Gasteiger partial charge in [0.05, 0.1) is 12.2 Å². The zero-order chi connectivity index (χ0) is 13.0. The maximum atomic E-state index is 8.89. The van der Waals surface area contributed by atoms with E-state index in [1.165, 1.54) is 17.5 Å². The van der Waals surface area contributed by atoms with Crippen molar-refractivity contribution < 1.29 is 4.74 Å². The van der Waals surface area contributed by atoms with Crippen LogP contribution in [-0.2, 0) is 6.42 Å². The predicted octanol–water partition coefficient (Wildman–Crippen LogP) is 4.11. The van der Waals surface area contributed by atoms with Crippen LogP contribution in [0.4, 0.5) is 0 Å². The fourth-order valence-corrected chi connectivity index (χ4v) is 2.41. The minimum atomic E-state index is 0.178. The second-order valence-corrected chi connectivity index (χ2v) is 4.99. The smallest absolute Gasteiger partial charge is 0.120 e. The molecule has 18 heavy (non-hydrogen) atoms. The van der Waals surface area contributed by atoms with Gasteiger partial charge in [-0.1, -0.05) is 6.07 Å². The summed E-state index contributed by atoms with van der Waals surface area (Å²) in [5.74, 6) is 0.898. The maximum absolute atomic E-state index is 8.89. The lowest BCUT2D eigenvalue weighted by atomic mass is 9.98. The molecule has 0 heterocycles. The number of nitriles is 1. The van der Waals surface area contributed by atoms with Gasteiger partial charge in [-0.3, -0.25) is 0 Å². The zero-order valence-electron chi connectivity index (χ0n) is 11.1. The molecule has 0 atom stereocenters. The zero-order valence-corrected chi connectivity index (χ0v) is 11.1. The minimum absolute atomic E-state index is 0.178. The fourth-order valence-electron chi connectivity index (χ4n) is 2.41. The number of benzene rings is 1. The largest absolute Gasteiger partial charge is 0.491 e. The van der Waals surface area contributed by atoms with Gasteiger partial charge in [0.15, 0.2) is 0 Å². The standard InChI is InChI=1S/C16H19NO/c1-12(2)18-15-8-7-13-5-3-4-6-14(9-10-17)16(13)11-15/h7-9,11-12H,3-6H2,1-2H3/b14-9+. The van der Waals surface area contributed by atoms with Crippen molar-refractivity contribution in [2.75, 3.05) is 0 Å². The van der Waals surface area contributed by atoms with Crippen LogP contribution in [0.15, 0.2) is 24.3 Å². The summed E-state index contributed by atoms with van der Waals surface area (Å²) in [6.07, 6.45) is 6.30. The number of nitrogens with zero attached hydrogens (tertiary/aromatic N) is 1. The molecule has 1 aliphatic rings. The second kappa shape index (κ2) is 5.73. The van der Waals surface area contributed by atoms with Gasteiger partial charge in [-0.2, -0.15) is 5.26 Å². The molecule has 0 saturated heterocycles. The average molecular weight is 241 g/mol. The number of hydrogen-bond acceptors (Lipinski definition) is 2. The summed E-state index contributed by atoms with van der Waals surface area (Å²) in [6.45, 7) is 4.05. The van der Waals surface area contributed by atoms with Gasteiger partial charge in [0.2, 0.25) is 0 Å². The Hall–Kier alpha value is -1.75. The summed E-state index contributed by atoms with van der Waals surface area (Å²) in [6, 6.07) is 8.43. The Balaban J connectivity index is 2.40. The average Bonchev–Trinajstić information content (AvgIpc) is 2.52. The van der Waals surface area contributed by atoms with E-state index in [4.69, 9.17) is 10.00 Å².